The first-order valence-corrected chi connectivity index (χ1v) is 12.7. The molecule has 4 N–H and O–H groups in total. The van der Waals surface area contributed by atoms with Crippen LogP contribution in [0.4, 0.5) is 0 Å². The van der Waals surface area contributed by atoms with Crippen molar-refractivity contribution < 1.29 is 60.6 Å². The van der Waals surface area contributed by atoms with Gasteiger partial charge in [-0.25, -0.2) is 13.7 Å². The Morgan fingerprint density at radius 3 is 2.14 bits per heavy atom. The zero-order valence-electron chi connectivity index (χ0n) is 14.8. The Hall–Kier alpha value is 0.355. The highest BCUT2D eigenvalue weighted by atomic mass is 31.3. The summed E-state index contributed by atoms with van der Waals surface area (Å²) in [6.07, 6.45) is 1.18. The SMILES string of the molecule is [B]C1OC(COP(=O)(O)OP(=O)(O)OP(=O)(O)O)C(OC2CCCC2)C1OC. The molecule has 28 heavy (non-hydrogen) atoms. The van der Waals surface area contributed by atoms with E-state index in [2.05, 4.69) is 13.1 Å². The highest BCUT2D eigenvalue weighted by Crippen LogP contribution is 2.66. The Kier molecular flexibility index (Phi) is 8.49. The average molecular weight is 466 g/mol. The molecule has 0 amide bonds. The number of hydrogen-bond acceptors (Lipinski definition) is 9. The summed E-state index contributed by atoms with van der Waals surface area (Å²) in [6, 6.07) is -0.911. The summed E-state index contributed by atoms with van der Waals surface area (Å²) >= 11 is 0. The summed E-state index contributed by atoms with van der Waals surface area (Å²) < 4.78 is 62.3. The van der Waals surface area contributed by atoms with E-state index in [1.165, 1.54) is 7.11 Å². The second-order valence-corrected chi connectivity index (χ2v) is 10.7. The van der Waals surface area contributed by atoms with Gasteiger partial charge < -0.3 is 33.8 Å². The van der Waals surface area contributed by atoms with Gasteiger partial charge in [0.25, 0.3) is 0 Å². The molecule has 0 bridgehead atoms. The Labute approximate surface area is 162 Å². The molecule has 13 nitrogen and oxygen atoms in total. The fourth-order valence-corrected chi connectivity index (χ4v) is 6.07. The van der Waals surface area contributed by atoms with Crippen LogP contribution in [0.5, 0.6) is 0 Å². The van der Waals surface area contributed by atoms with Gasteiger partial charge in [-0.1, -0.05) is 12.8 Å². The van der Waals surface area contributed by atoms with Crippen LogP contribution in [0.15, 0.2) is 0 Å². The summed E-state index contributed by atoms with van der Waals surface area (Å²) in [4.78, 5) is 35.7. The Morgan fingerprint density at radius 2 is 1.61 bits per heavy atom. The first kappa shape index (κ1) is 24.6. The van der Waals surface area contributed by atoms with Crippen molar-refractivity contribution in [3.8, 4) is 0 Å². The van der Waals surface area contributed by atoms with E-state index in [4.69, 9.17) is 36.7 Å². The monoisotopic (exact) mass is 466 g/mol. The van der Waals surface area contributed by atoms with Gasteiger partial charge in [0.15, 0.2) is 0 Å². The fraction of sp³-hybridized carbons (Fsp3) is 1.00. The van der Waals surface area contributed by atoms with Gasteiger partial charge in [0.05, 0.1) is 12.7 Å². The van der Waals surface area contributed by atoms with Gasteiger partial charge >= 0.3 is 23.5 Å². The number of phosphoric ester groups is 1. The third kappa shape index (κ3) is 7.56. The molecule has 162 valence electrons. The van der Waals surface area contributed by atoms with Crippen LogP contribution in [0.2, 0.25) is 0 Å². The number of ether oxygens (including phenoxy) is 3. The van der Waals surface area contributed by atoms with Crippen LogP contribution < -0.4 is 0 Å². The van der Waals surface area contributed by atoms with Gasteiger partial charge in [-0.15, -0.1) is 0 Å². The maximum absolute atomic E-state index is 11.8. The molecule has 6 atom stereocenters. The lowest BCUT2D eigenvalue weighted by molar-refractivity contribution is -0.0919. The minimum Gasteiger partial charge on any atom is -0.377 e. The molecule has 2 fully saturated rings. The van der Waals surface area contributed by atoms with E-state index in [9.17, 15) is 18.6 Å². The minimum absolute atomic E-state index is 0.0643. The number of methoxy groups -OCH3 is 1. The quantitative estimate of drug-likeness (QED) is 0.259. The predicted molar refractivity (Wildman–Crippen MR) is 92.2 cm³/mol. The maximum atomic E-state index is 11.8. The van der Waals surface area contributed by atoms with E-state index >= 15 is 0 Å². The molecular weight excluding hydrogens is 444 g/mol. The molecule has 2 radical (unpaired) electrons. The molecule has 1 saturated carbocycles. The molecule has 2 aliphatic rings. The van der Waals surface area contributed by atoms with Crippen molar-refractivity contribution in [2.24, 2.45) is 0 Å². The number of hydrogen-bond donors (Lipinski definition) is 4. The molecule has 1 saturated heterocycles. The van der Waals surface area contributed by atoms with E-state index in [-0.39, 0.29) is 6.10 Å². The Balaban J connectivity index is 1.98. The first-order valence-electron chi connectivity index (χ1n) is 8.19. The van der Waals surface area contributed by atoms with Gasteiger partial charge in [-0.2, -0.15) is 8.62 Å². The van der Waals surface area contributed by atoms with Crippen molar-refractivity contribution in [2.45, 2.75) is 56.1 Å². The van der Waals surface area contributed by atoms with Crippen molar-refractivity contribution in [1.82, 2.24) is 0 Å². The molecule has 0 aromatic rings. The van der Waals surface area contributed by atoms with Crippen LogP contribution in [0, 0.1) is 0 Å². The van der Waals surface area contributed by atoms with Gasteiger partial charge in [0, 0.05) is 13.1 Å². The van der Waals surface area contributed by atoms with Gasteiger partial charge in [0.1, 0.15) is 26.2 Å². The van der Waals surface area contributed by atoms with Crippen LogP contribution in [0.3, 0.4) is 0 Å². The summed E-state index contributed by atoms with van der Waals surface area (Å²) in [5.41, 5.74) is 0. The Morgan fingerprint density at radius 1 is 1.00 bits per heavy atom. The van der Waals surface area contributed by atoms with E-state index < -0.39 is 54.4 Å². The average Bonchev–Trinajstić information content (AvgIpc) is 3.10. The van der Waals surface area contributed by atoms with E-state index in [0.717, 1.165) is 25.7 Å². The van der Waals surface area contributed by atoms with Crippen molar-refractivity contribution in [3.05, 3.63) is 0 Å². The van der Waals surface area contributed by atoms with E-state index in [0.29, 0.717) is 0 Å². The van der Waals surface area contributed by atoms with E-state index in [1.54, 1.807) is 0 Å². The summed E-state index contributed by atoms with van der Waals surface area (Å²) in [5.74, 6) is 0. The van der Waals surface area contributed by atoms with Crippen molar-refractivity contribution in [1.29, 1.82) is 0 Å². The zero-order chi connectivity index (χ0) is 21.2. The molecule has 1 heterocycles. The number of rotatable bonds is 10. The Bertz CT molecular complexity index is 664. The lowest BCUT2D eigenvalue weighted by Gasteiger charge is -2.26. The van der Waals surface area contributed by atoms with Crippen molar-refractivity contribution in [2.75, 3.05) is 13.7 Å². The van der Waals surface area contributed by atoms with Crippen LogP contribution >= 0.6 is 23.5 Å². The zero-order valence-corrected chi connectivity index (χ0v) is 17.5. The summed E-state index contributed by atoms with van der Waals surface area (Å²) in [7, 11) is -9.10. The summed E-state index contributed by atoms with van der Waals surface area (Å²) in [6.45, 7) is -0.644. The molecule has 1 aliphatic carbocycles. The van der Waals surface area contributed by atoms with Gasteiger partial charge in [0.2, 0.25) is 0 Å². The van der Waals surface area contributed by atoms with Crippen LogP contribution in [0.1, 0.15) is 25.7 Å². The van der Waals surface area contributed by atoms with Crippen molar-refractivity contribution >= 4 is 31.3 Å². The third-order valence-corrected chi connectivity index (χ3v) is 7.89. The molecule has 2 rings (SSSR count). The highest BCUT2D eigenvalue weighted by molar-refractivity contribution is 7.66. The molecule has 6 unspecified atom stereocenters. The minimum atomic E-state index is -5.59. The lowest BCUT2D eigenvalue weighted by Crippen LogP contribution is -2.40. The fourth-order valence-electron chi connectivity index (χ4n) is 3.04. The normalized spacial score (nSPS) is 33.6. The third-order valence-electron chi connectivity index (χ3n) is 4.09. The van der Waals surface area contributed by atoms with Crippen LogP contribution in [-0.2, 0) is 41.1 Å². The van der Waals surface area contributed by atoms with E-state index in [1.807, 2.05) is 0 Å². The predicted octanol–water partition coefficient (Wildman–Crippen LogP) is 0.566. The topological polar surface area (TPSA) is 188 Å². The summed E-state index contributed by atoms with van der Waals surface area (Å²) in [5, 5.41) is 0. The maximum Gasteiger partial charge on any atom is 0.490 e. The largest absolute Gasteiger partial charge is 0.490 e. The lowest BCUT2D eigenvalue weighted by atomic mass is 9.92. The first-order chi connectivity index (χ1) is 12.8. The highest BCUT2D eigenvalue weighted by Gasteiger charge is 2.47. The molecular formula is C11H22BO13P3. The molecule has 0 spiro atoms. The molecule has 1 aliphatic heterocycles. The molecule has 0 aromatic carbocycles. The van der Waals surface area contributed by atoms with Crippen LogP contribution in [0.25, 0.3) is 0 Å². The smallest absolute Gasteiger partial charge is 0.377 e. The van der Waals surface area contributed by atoms with Crippen LogP contribution in [-0.4, -0.2) is 71.6 Å². The standard InChI is InChI=1S/C11H22BO13P3/c1-20-10-9(22-7-4-2-3-5-7)8(23-11(10)12)6-21-27(16,17)25-28(18,19)24-26(13,14)15/h7-11H,2-6H2,1H3,(H,16,17)(H,18,19)(H2,13,14,15). The molecule has 17 heteroatoms. The number of phosphoric acid groups is 3. The molecule has 0 aromatic heterocycles. The van der Waals surface area contributed by atoms with Gasteiger partial charge in [-0.05, 0) is 12.8 Å². The van der Waals surface area contributed by atoms with Crippen molar-refractivity contribution in [3.63, 3.8) is 0 Å². The van der Waals surface area contributed by atoms with Gasteiger partial charge in [-0.3, -0.25) is 4.52 Å². The second-order valence-electron chi connectivity index (χ2n) is 6.23. The second kappa shape index (κ2) is 9.66.